The van der Waals surface area contributed by atoms with Crippen LogP contribution in [-0.2, 0) is 4.74 Å². The van der Waals surface area contributed by atoms with Crippen LogP contribution in [0.2, 0.25) is 0 Å². The van der Waals surface area contributed by atoms with Gasteiger partial charge in [0.15, 0.2) is 0 Å². The normalized spacial score (nSPS) is 13.7. The van der Waals surface area contributed by atoms with E-state index in [0.29, 0.717) is 12.3 Å². The first-order valence-corrected chi connectivity index (χ1v) is 8.43. The predicted octanol–water partition coefficient (Wildman–Crippen LogP) is 4.41. The van der Waals surface area contributed by atoms with Gasteiger partial charge in [-0.2, -0.15) is 5.10 Å². The molecule has 0 fully saturated rings. The lowest BCUT2D eigenvalue weighted by atomic mass is 10.1. The van der Waals surface area contributed by atoms with Crippen molar-refractivity contribution < 1.29 is 9.13 Å². The second-order valence-corrected chi connectivity index (χ2v) is 5.17. The number of hydrogen-bond donors (Lipinski definition) is 1. The Hall–Kier alpha value is -3.28. The zero-order valence-electron chi connectivity index (χ0n) is 15.9. The molecule has 0 saturated carbocycles. The Bertz CT molecular complexity index is 772. The van der Waals surface area contributed by atoms with Gasteiger partial charge in [-0.3, -0.25) is 0 Å². The van der Waals surface area contributed by atoms with E-state index in [9.17, 15) is 4.39 Å². The molecular weight excluding hydrogens is 343 g/mol. The first kappa shape index (κ1) is 21.8. The van der Waals surface area contributed by atoms with Gasteiger partial charge in [-0.15, -0.1) is 0 Å². The maximum Gasteiger partial charge on any atom is 0.316 e. The van der Waals surface area contributed by atoms with Crippen LogP contribution in [0.25, 0.3) is 0 Å². The molecule has 0 bridgehead atoms. The summed E-state index contributed by atoms with van der Waals surface area (Å²) in [6.45, 7) is 7.84. The van der Waals surface area contributed by atoms with Crippen molar-refractivity contribution in [3.63, 3.8) is 0 Å². The number of nitrogens with one attached hydrogen (secondary N) is 1. The van der Waals surface area contributed by atoms with Gasteiger partial charge in [0.2, 0.25) is 0 Å². The molecule has 1 rings (SSSR count). The number of rotatable bonds is 8. The topological polar surface area (TPSA) is 58.3 Å². The predicted molar refractivity (Wildman–Crippen MR) is 112 cm³/mol. The monoisotopic (exact) mass is 368 g/mol. The van der Waals surface area contributed by atoms with Crippen molar-refractivity contribution in [3.8, 4) is 0 Å². The summed E-state index contributed by atoms with van der Waals surface area (Å²) in [6, 6.07) is 6.47. The van der Waals surface area contributed by atoms with Gasteiger partial charge >= 0.3 is 6.02 Å². The molecule has 0 radical (unpaired) electrons. The number of aliphatic imine (C=N–C) groups is 2. The molecule has 0 unspecified atom stereocenters. The SMILES string of the molecule is C=C/C=N\C(=NC)OC(/C=C\C=C\CN/N=C(\C)c1ccc(F)cc1)=C/C. The number of halogens is 1. The first-order valence-electron chi connectivity index (χ1n) is 8.43. The highest BCUT2D eigenvalue weighted by Crippen LogP contribution is 2.04. The third-order valence-electron chi connectivity index (χ3n) is 3.20. The molecule has 0 aromatic heterocycles. The lowest BCUT2D eigenvalue weighted by Crippen LogP contribution is -2.09. The van der Waals surface area contributed by atoms with Crippen LogP contribution in [0.3, 0.4) is 0 Å². The Morgan fingerprint density at radius 1 is 1.26 bits per heavy atom. The summed E-state index contributed by atoms with van der Waals surface area (Å²) in [7, 11) is 1.60. The summed E-state index contributed by atoms with van der Waals surface area (Å²) < 4.78 is 18.4. The van der Waals surface area contributed by atoms with E-state index in [4.69, 9.17) is 4.74 Å². The van der Waals surface area contributed by atoms with Crippen molar-refractivity contribution in [2.45, 2.75) is 13.8 Å². The van der Waals surface area contributed by atoms with Crippen LogP contribution < -0.4 is 5.43 Å². The van der Waals surface area contributed by atoms with E-state index in [2.05, 4.69) is 27.1 Å². The van der Waals surface area contributed by atoms with Gasteiger partial charge in [-0.25, -0.2) is 14.4 Å². The minimum atomic E-state index is -0.261. The number of nitrogens with zero attached hydrogens (tertiary/aromatic N) is 3. The standard InChI is InChI=1S/C21H25FN4O/c1-5-15-24-21(23-4)27-20(6-2)10-8-7-9-16-25-26-17(3)18-11-13-19(22)14-12-18/h5-15,25H,1,16H2,2-4H3/b9-7+,10-8-,20-6+,23-21?,24-15-,26-17+. The summed E-state index contributed by atoms with van der Waals surface area (Å²) >= 11 is 0. The van der Waals surface area contributed by atoms with Gasteiger partial charge in [0.05, 0.1) is 12.3 Å². The van der Waals surface area contributed by atoms with Crippen molar-refractivity contribution in [2.24, 2.45) is 15.1 Å². The van der Waals surface area contributed by atoms with Crippen LogP contribution in [0.5, 0.6) is 0 Å². The smallest absolute Gasteiger partial charge is 0.316 e. The van der Waals surface area contributed by atoms with Gasteiger partial charge in [0.25, 0.3) is 0 Å². The Labute approximate surface area is 160 Å². The van der Waals surface area contributed by atoms with Gasteiger partial charge in [0, 0.05) is 13.3 Å². The zero-order chi connectivity index (χ0) is 19.9. The van der Waals surface area contributed by atoms with E-state index in [1.54, 1.807) is 31.3 Å². The third-order valence-corrected chi connectivity index (χ3v) is 3.20. The molecule has 1 N–H and O–H groups in total. The fourth-order valence-corrected chi connectivity index (χ4v) is 1.81. The Morgan fingerprint density at radius 2 is 2.00 bits per heavy atom. The molecule has 0 atom stereocenters. The summed E-state index contributed by atoms with van der Waals surface area (Å²) in [5.74, 6) is 0.364. The quantitative estimate of drug-likeness (QED) is 0.184. The molecule has 0 aliphatic carbocycles. The Morgan fingerprint density at radius 3 is 2.63 bits per heavy atom. The van der Waals surface area contributed by atoms with Crippen LogP contribution in [0.1, 0.15) is 19.4 Å². The molecule has 142 valence electrons. The highest BCUT2D eigenvalue weighted by molar-refractivity contribution is 5.98. The molecule has 0 heterocycles. The number of ether oxygens (including phenoxy) is 1. The third kappa shape index (κ3) is 9.11. The van der Waals surface area contributed by atoms with E-state index in [1.165, 1.54) is 18.3 Å². The Balaban J connectivity index is 2.46. The lowest BCUT2D eigenvalue weighted by molar-refractivity contribution is 0.426. The molecule has 27 heavy (non-hydrogen) atoms. The van der Waals surface area contributed by atoms with Crippen molar-refractivity contribution in [2.75, 3.05) is 13.6 Å². The fraction of sp³-hybridized carbons (Fsp3) is 0.190. The molecule has 1 aromatic rings. The number of benzene rings is 1. The maximum absolute atomic E-state index is 12.9. The maximum atomic E-state index is 12.9. The number of allylic oxidation sites excluding steroid dienone is 5. The lowest BCUT2D eigenvalue weighted by Gasteiger charge is -2.03. The second-order valence-electron chi connectivity index (χ2n) is 5.17. The highest BCUT2D eigenvalue weighted by Gasteiger charge is 1.98. The molecule has 1 aromatic carbocycles. The Kier molecular flexibility index (Phi) is 10.5. The minimum absolute atomic E-state index is 0.254. The molecule has 0 amide bonds. The largest absolute Gasteiger partial charge is 0.425 e. The second kappa shape index (κ2) is 13.0. The van der Waals surface area contributed by atoms with Crippen molar-refractivity contribution in [1.82, 2.24) is 5.43 Å². The van der Waals surface area contributed by atoms with Crippen LogP contribution in [0.15, 0.2) is 88.1 Å². The van der Waals surface area contributed by atoms with Crippen molar-refractivity contribution in [3.05, 3.63) is 84.4 Å². The number of hydrogen-bond acceptors (Lipinski definition) is 4. The average Bonchev–Trinajstić information content (AvgIpc) is 2.69. The zero-order valence-corrected chi connectivity index (χ0v) is 15.9. The molecule has 5 nitrogen and oxygen atoms in total. The summed E-state index contributed by atoms with van der Waals surface area (Å²) in [4.78, 5) is 7.95. The molecule has 0 aliphatic heterocycles. The van der Waals surface area contributed by atoms with E-state index >= 15 is 0 Å². The van der Waals surface area contributed by atoms with Crippen LogP contribution >= 0.6 is 0 Å². The van der Waals surface area contributed by atoms with Crippen LogP contribution in [-0.4, -0.2) is 31.5 Å². The van der Waals surface area contributed by atoms with E-state index in [0.717, 1.165) is 11.3 Å². The van der Waals surface area contributed by atoms with Crippen molar-refractivity contribution in [1.29, 1.82) is 0 Å². The van der Waals surface area contributed by atoms with Crippen LogP contribution in [0.4, 0.5) is 4.39 Å². The minimum Gasteiger partial charge on any atom is -0.425 e. The first-order chi connectivity index (χ1) is 13.1. The van der Waals surface area contributed by atoms with Gasteiger partial charge < -0.3 is 10.2 Å². The average molecular weight is 368 g/mol. The number of hydrazone groups is 1. The molecule has 0 aliphatic rings. The van der Waals surface area contributed by atoms with Gasteiger partial charge in [0.1, 0.15) is 11.6 Å². The molecular formula is C21H25FN4O. The van der Waals surface area contributed by atoms with E-state index < -0.39 is 0 Å². The van der Waals surface area contributed by atoms with Crippen molar-refractivity contribution >= 4 is 17.9 Å². The molecule has 6 heteroatoms. The molecule has 0 saturated heterocycles. The van der Waals surface area contributed by atoms with E-state index in [-0.39, 0.29) is 11.8 Å². The van der Waals surface area contributed by atoms with Crippen LogP contribution in [0, 0.1) is 5.82 Å². The van der Waals surface area contributed by atoms with E-state index in [1.807, 2.05) is 38.2 Å². The molecule has 0 spiro atoms. The summed E-state index contributed by atoms with van der Waals surface area (Å²) in [5, 5.41) is 4.25. The van der Waals surface area contributed by atoms with Gasteiger partial charge in [-0.05, 0) is 43.7 Å². The fourth-order valence-electron chi connectivity index (χ4n) is 1.81. The highest BCUT2D eigenvalue weighted by atomic mass is 19.1. The van der Waals surface area contributed by atoms with Gasteiger partial charge in [-0.1, -0.05) is 43.0 Å². The summed E-state index contributed by atoms with van der Waals surface area (Å²) in [6.07, 6.45) is 12.3. The number of amidine groups is 1. The summed E-state index contributed by atoms with van der Waals surface area (Å²) in [5.41, 5.74) is 4.60.